The molecule has 0 rings (SSSR count). The Hall–Kier alpha value is -2.25. The lowest BCUT2D eigenvalue weighted by Gasteiger charge is -2.01. The zero-order valence-electron chi connectivity index (χ0n) is 18.5. The molecule has 0 unspecified atom stereocenters. The molecule has 29 heavy (non-hydrogen) atoms. The van der Waals surface area contributed by atoms with Crippen molar-refractivity contribution in [1.29, 1.82) is 0 Å². The fourth-order valence-electron chi connectivity index (χ4n) is 1.79. The van der Waals surface area contributed by atoms with E-state index in [0.717, 1.165) is 19.3 Å². The zero-order chi connectivity index (χ0) is 23.2. The molecular weight excluding hydrogens is 380 g/mol. The van der Waals surface area contributed by atoms with Crippen molar-refractivity contribution in [2.45, 2.75) is 92.4 Å². The van der Waals surface area contributed by atoms with E-state index < -0.39 is 11.9 Å². The quantitative estimate of drug-likeness (QED) is 0.260. The molecule has 0 aromatic heterocycles. The predicted octanol–water partition coefficient (Wildman–Crippen LogP) is 4.04. The van der Waals surface area contributed by atoms with E-state index in [1.54, 1.807) is 20.8 Å². The maximum absolute atomic E-state index is 10.5. The number of carboxylic acids is 2. The Morgan fingerprint density at radius 1 is 0.690 bits per heavy atom. The largest absolute Gasteiger partial charge is 0.481 e. The second-order valence-electron chi connectivity index (χ2n) is 6.52. The molecule has 0 aromatic rings. The SMILES string of the molecule is CCC(=O)C(=O)CC.CCOC(=O)C(C)C.O=C(O)CCCCCCCC(=O)O. The fraction of sp³-hybridized carbons (Fsp3) is 0.762. The van der Waals surface area contributed by atoms with E-state index >= 15 is 0 Å². The number of carbonyl (C=O) groups is 5. The molecule has 8 heteroatoms. The number of ether oxygens (including phenoxy) is 1. The van der Waals surface area contributed by atoms with Gasteiger partial charge in [-0.2, -0.15) is 0 Å². The maximum Gasteiger partial charge on any atom is 0.308 e. The lowest BCUT2D eigenvalue weighted by atomic mass is 10.1. The molecule has 0 spiro atoms. The summed E-state index contributed by atoms with van der Waals surface area (Å²) in [6.07, 6.45) is 5.21. The van der Waals surface area contributed by atoms with E-state index in [4.69, 9.17) is 10.2 Å². The van der Waals surface area contributed by atoms with Crippen molar-refractivity contribution < 1.29 is 38.9 Å². The lowest BCUT2D eigenvalue weighted by Crippen LogP contribution is -2.10. The molecule has 2 N–H and O–H groups in total. The third-order valence-electron chi connectivity index (χ3n) is 3.49. The number of ketones is 2. The van der Waals surface area contributed by atoms with Crippen LogP contribution in [0.3, 0.4) is 0 Å². The molecule has 0 aliphatic carbocycles. The molecule has 0 fully saturated rings. The number of Topliss-reactive ketones (excluding diaryl/α,β-unsaturated/α-hetero) is 2. The monoisotopic (exact) mass is 418 g/mol. The lowest BCUT2D eigenvalue weighted by molar-refractivity contribution is -0.146. The van der Waals surface area contributed by atoms with E-state index in [9.17, 15) is 24.0 Å². The Balaban J connectivity index is -0.000000368. The van der Waals surface area contributed by atoms with Crippen LogP contribution in [0.4, 0.5) is 0 Å². The van der Waals surface area contributed by atoms with Crippen LogP contribution >= 0.6 is 0 Å². The van der Waals surface area contributed by atoms with Crippen molar-refractivity contribution in [2.75, 3.05) is 6.61 Å². The molecule has 0 atom stereocenters. The molecule has 8 nitrogen and oxygen atoms in total. The number of hydrogen-bond acceptors (Lipinski definition) is 6. The highest BCUT2D eigenvalue weighted by molar-refractivity contribution is 6.36. The van der Waals surface area contributed by atoms with Crippen LogP contribution in [0.25, 0.3) is 0 Å². The minimum atomic E-state index is -0.759. The first-order chi connectivity index (χ1) is 13.5. The van der Waals surface area contributed by atoms with Gasteiger partial charge in [0.1, 0.15) is 0 Å². The highest BCUT2D eigenvalue weighted by atomic mass is 16.5. The Labute approximate surface area is 174 Å². The van der Waals surface area contributed by atoms with Crippen LogP contribution in [0.15, 0.2) is 0 Å². The van der Waals surface area contributed by atoms with E-state index in [-0.39, 0.29) is 36.3 Å². The molecule has 0 bridgehead atoms. The zero-order valence-corrected chi connectivity index (χ0v) is 18.5. The van der Waals surface area contributed by atoms with Gasteiger partial charge in [0, 0.05) is 25.7 Å². The smallest absolute Gasteiger partial charge is 0.308 e. The molecule has 170 valence electrons. The van der Waals surface area contributed by atoms with Crippen LogP contribution in [-0.4, -0.2) is 46.3 Å². The van der Waals surface area contributed by atoms with E-state index in [2.05, 4.69) is 4.74 Å². The summed E-state index contributed by atoms with van der Waals surface area (Å²) in [4.78, 5) is 51.5. The highest BCUT2D eigenvalue weighted by Crippen LogP contribution is 2.06. The van der Waals surface area contributed by atoms with Crippen molar-refractivity contribution in [3.8, 4) is 0 Å². The third kappa shape index (κ3) is 28.1. The molecule has 0 radical (unpaired) electrons. The second-order valence-corrected chi connectivity index (χ2v) is 6.52. The van der Waals surface area contributed by atoms with Gasteiger partial charge in [-0.25, -0.2) is 0 Å². The second kappa shape index (κ2) is 22.0. The summed E-state index contributed by atoms with van der Waals surface area (Å²) in [5.74, 6) is -2.14. The van der Waals surface area contributed by atoms with Gasteiger partial charge in [0.25, 0.3) is 0 Å². The average molecular weight is 419 g/mol. The molecule has 0 saturated carbocycles. The van der Waals surface area contributed by atoms with Crippen LogP contribution in [0.1, 0.15) is 92.4 Å². The van der Waals surface area contributed by atoms with Crippen LogP contribution in [0.5, 0.6) is 0 Å². The normalized spacial score (nSPS) is 9.45. The Morgan fingerprint density at radius 2 is 1.03 bits per heavy atom. The number of carboxylic acid groups (broad SMARTS) is 2. The summed E-state index contributed by atoms with van der Waals surface area (Å²) in [5.41, 5.74) is 0. The number of hydrogen-bond donors (Lipinski definition) is 2. The van der Waals surface area contributed by atoms with Crippen molar-refractivity contribution in [3.63, 3.8) is 0 Å². The molecule has 0 saturated heterocycles. The van der Waals surface area contributed by atoms with E-state index in [0.29, 0.717) is 32.3 Å². The summed E-state index contributed by atoms with van der Waals surface area (Å²) in [6.45, 7) is 9.30. The summed E-state index contributed by atoms with van der Waals surface area (Å²) >= 11 is 0. The molecule has 0 aromatic carbocycles. The number of rotatable bonds is 13. The van der Waals surface area contributed by atoms with Gasteiger partial charge in [-0.15, -0.1) is 0 Å². The van der Waals surface area contributed by atoms with Gasteiger partial charge in [-0.3, -0.25) is 24.0 Å². The van der Waals surface area contributed by atoms with Gasteiger partial charge in [-0.05, 0) is 19.8 Å². The first-order valence-electron chi connectivity index (χ1n) is 10.2. The first-order valence-corrected chi connectivity index (χ1v) is 10.2. The fourth-order valence-corrected chi connectivity index (χ4v) is 1.79. The minimum Gasteiger partial charge on any atom is -0.481 e. The van der Waals surface area contributed by atoms with Gasteiger partial charge in [0.15, 0.2) is 11.6 Å². The van der Waals surface area contributed by atoms with Crippen LogP contribution in [0.2, 0.25) is 0 Å². The van der Waals surface area contributed by atoms with Crippen molar-refractivity contribution in [3.05, 3.63) is 0 Å². The van der Waals surface area contributed by atoms with E-state index in [1.807, 2.05) is 13.8 Å². The van der Waals surface area contributed by atoms with Crippen molar-refractivity contribution >= 4 is 29.5 Å². The maximum atomic E-state index is 10.5. The standard InChI is InChI=1S/C9H16O4.C6H12O2.C6H10O2/c10-8(11)6-4-2-1-3-5-7-9(12)13;1-4-8-6(7)5(2)3;1-3-5(7)6(8)4-2/h1-7H2,(H,10,11)(H,12,13);5H,4H2,1-3H3;3-4H2,1-2H3. The topological polar surface area (TPSA) is 135 Å². The Bertz CT molecular complexity index is 451. The van der Waals surface area contributed by atoms with Crippen LogP contribution < -0.4 is 0 Å². The number of aliphatic carboxylic acids is 2. The Kier molecular flexibility index (Phi) is 23.9. The molecule has 0 aliphatic heterocycles. The Morgan fingerprint density at radius 3 is 1.24 bits per heavy atom. The molecule has 0 amide bonds. The van der Waals surface area contributed by atoms with E-state index in [1.165, 1.54) is 0 Å². The highest BCUT2D eigenvalue weighted by Gasteiger charge is 2.06. The summed E-state index contributed by atoms with van der Waals surface area (Å²) in [6, 6.07) is 0. The van der Waals surface area contributed by atoms with Crippen molar-refractivity contribution in [1.82, 2.24) is 0 Å². The summed E-state index contributed by atoms with van der Waals surface area (Å²) < 4.78 is 4.66. The molecule has 0 aliphatic rings. The number of carbonyl (C=O) groups excluding carboxylic acids is 3. The third-order valence-corrected chi connectivity index (χ3v) is 3.49. The van der Waals surface area contributed by atoms with Gasteiger partial charge < -0.3 is 14.9 Å². The van der Waals surface area contributed by atoms with Crippen LogP contribution in [-0.2, 0) is 28.7 Å². The first kappa shape index (κ1) is 31.4. The van der Waals surface area contributed by atoms with Crippen molar-refractivity contribution in [2.24, 2.45) is 5.92 Å². The average Bonchev–Trinajstić information content (AvgIpc) is 2.66. The number of esters is 1. The van der Waals surface area contributed by atoms with Gasteiger partial charge in [-0.1, -0.05) is 47.0 Å². The van der Waals surface area contributed by atoms with Gasteiger partial charge in [0.05, 0.1) is 12.5 Å². The molecule has 0 heterocycles. The van der Waals surface area contributed by atoms with Gasteiger partial charge in [0.2, 0.25) is 0 Å². The van der Waals surface area contributed by atoms with Gasteiger partial charge >= 0.3 is 17.9 Å². The number of unbranched alkanes of at least 4 members (excludes halogenated alkanes) is 4. The minimum absolute atomic E-state index is 0.00921. The molecular formula is C21H38O8. The van der Waals surface area contributed by atoms with Crippen LogP contribution in [0, 0.1) is 5.92 Å². The summed E-state index contributed by atoms with van der Waals surface area (Å²) in [7, 11) is 0. The predicted molar refractivity (Wildman–Crippen MR) is 110 cm³/mol. The summed E-state index contributed by atoms with van der Waals surface area (Å²) in [5, 5.41) is 16.6.